The lowest BCUT2D eigenvalue weighted by molar-refractivity contribution is -0.0283. The molecule has 1 fully saturated rings. The summed E-state index contributed by atoms with van der Waals surface area (Å²) in [6, 6.07) is 22.2. The van der Waals surface area contributed by atoms with Gasteiger partial charge in [-0.3, -0.25) is 9.88 Å². The van der Waals surface area contributed by atoms with Crippen molar-refractivity contribution in [2.24, 2.45) is 0 Å². The molecule has 2 heterocycles. The summed E-state index contributed by atoms with van der Waals surface area (Å²) in [4.78, 5) is 6.73. The summed E-state index contributed by atoms with van der Waals surface area (Å²) in [6.45, 7) is 5.08. The van der Waals surface area contributed by atoms with Gasteiger partial charge in [-0.25, -0.2) is 0 Å². The van der Waals surface area contributed by atoms with E-state index in [9.17, 15) is 5.11 Å². The molecule has 4 heteroatoms. The van der Waals surface area contributed by atoms with E-state index >= 15 is 0 Å². The van der Waals surface area contributed by atoms with Gasteiger partial charge in [0, 0.05) is 31.4 Å². The SMILES string of the molecule is Cc1ccccc1C1(O)CCN(Cc2ccccc2OCc2ccccn2)CC1. The number of aromatic nitrogens is 1. The molecule has 1 saturated heterocycles. The van der Waals surface area contributed by atoms with Gasteiger partial charge in [0.05, 0.1) is 11.3 Å². The van der Waals surface area contributed by atoms with Gasteiger partial charge < -0.3 is 9.84 Å². The second kappa shape index (κ2) is 8.76. The van der Waals surface area contributed by atoms with Gasteiger partial charge in [-0.15, -0.1) is 0 Å². The summed E-state index contributed by atoms with van der Waals surface area (Å²) in [5, 5.41) is 11.2. The predicted molar refractivity (Wildman–Crippen MR) is 115 cm³/mol. The van der Waals surface area contributed by atoms with Gasteiger partial charge in [-0.2, -0.15) is 0 Å². The molecule has 29 heavy (non-hydrogen) atoms. The molecule has 1 aliphatic rings. The fraction of sp³-hybridized carbons (Fsp3) is 0.320. The highest BCUT2D eigenvalue weighted by Crippen LogP contribution is 2.35. The molecule has 4 nitrogen and oxygen atoms in total. The molecule has 0 atom stereocenters. The Hall–Kier alpha value is -2.69. The van der Waals surface area contributed by atoms with Gasteiger partial charge in [0.15, 0.2) is 0 Å². The zero-order valence-electron chi connectivity index (χ0n) is 16.9. The van der Waals surface area contributed by atoms with Gasteiger partial charge in [0.25, 0.3) is 0 Å². The molecule has 4 rings (SSSR count). The van der Waals surface area contributed by atoms with Crippen LogP contribution in [0.1, 0.15) is 35.2 Å². The second-order valence-electron chi connectivity index (χ2n) is 7.84. The smallest absolute Gasteiger partial charge is 0.130 e. The van der Waals surface area contributed by atoms with E-state index in [0.29, 0.717) is 6.61 Å². The molecular formula is C25H28N2O2. The first-order valence-corrected chi connectivity index (χ1v) is 10.3. The van der Waals surface area contributed by atoms with Crippen molar-refractivity contribution in [3.8, 4) is 5.75 Å². The maximum atomic E-state index is 11.2. The van der Waals surface area contributed by atoms with Crippen molar-refractivity contribution in [2.75, 3.05) is 13.1 Å². The maximum Gasteiger partial charge on any atom is 0.130 e. The van der Waals surface area contributed by atoms with E-state index in [1.165, 1.54) is 5.56 Å². The third-order valence-electron chi connectivity index (χ3n) is 5.80. The van der Waals surface area contributed by atoms with E-state index in [1.807, 2.05) is 42.5 Å². The van der Waals surface area contributed by atoms with Crippen LogP contribution in [0.4, 0.5) is 0 Å². The van der Waals surface area contributed by atoms with Gasteiger partial charge in [0.2, 0.25) is 0 Å². The van der Waals surface area contributed by atoms with Crippen molar-refractivity contribution in [1.29, 1.82) is 0 Å². The molecule has 0 bridgehead atoms. The number of piperidine rings is 1. The number of para-hydroxylation sites is 1. The van der Waals surface area contributed by atoms with Crippen LogP contribution >= 0.6 is 0 Å². The zero-order chi connectivity index (χ0) is 20.1. The number of benzene rings is 2. The summed E-state index contributed by atoms with van der Waals surface area (Å²) in [7, 11) is 0. The highest BCUT2D eigenvalue weighted by atomic mass is 16.5. The normalized spacial score (nSPS) is 16.5. The number of hydrogen-bond acceptors (Lipinski definition) is 4. The first-order valence-electron chi connectivity index (χ1n) is 10.3. The van der Waals surface area contributed by atoms with Crippen LogP contribution < -0.4 is 4.74 Å². The van der Waals surface area contributed by atoms with E-state index in [0.717, 1.165) is 55.0 Å². The van der Waals surface area contributed by atoms with Crippen molar-refractivity contribution in [1.82, 2.24) is 9.88 Å². The predicted octanol–water partition coefficient (Wildman–Crippen LogP) is 4.45. The molecule has 0 amide bonds. The molecular weight excluding hydrogens is 360 g/mol. The number of pyridine rings is 1. The number of aliphatic hydroxyl groups is 1. The Kier molecular flexibility index (Phi) is 5.93. The molecule has 150 valence electrons. The number of aryl methyl sites for hydroxylation is 1. The first kappa shape index (κ1) is 19.6. The standard InChI is InChI=1S/C25H28N2O2/c1-20-8-2-4-11-23(20)25(28)13-16-27(17-14-25)18-21-9-3-5-12-24(21)29-19-22-10-6-7-15-26-22/h2-12,15,28H,13-14,16-19H2,1H3. The lowest BCUT2D eigenvalue weighted by Crippen LogP contribution is -2.42. The Bertz CT molecular complexity index is 934. The molecule has 0 spiro atoms. The quantitative estimate of drug-likeness (QED) is 0.678. The number of ether oxygens (including phenoxy) is 1. The average Bonchev–Trinajstić information content (AvgIpc) is 2.76. The Balaban J connectivity index is 1.39. The summed E-state index contributed by atoms with van der Waals surface area (Å²) in [5.41, 5.74) is 3.60. The number of hydrogen-bond donors (Lipinski definition) is 1. The molecule has 0 aliphatic carbocycles. The zero-order valence-corrected chi connectivity index (χ0v) is 16.9. The molecule has 0 radical (unpaired) electrons. The molecule has 1 aromatic heterocycles. The summed E-state index contributed by atoms with van der Waals surface area (Å²) >= 11 is 0. The summed E-state index contributed by atoms with van der Waals surface area (Å²) in [6.07, 6.45) is 3.28. The average molecular weight is 389 g/mol. The molecule has 2 aromatic carbocycles. The third kappa shape index (κ3) is 4.66. The minimum absolute atomic E-state index is 0.463. The molecule has 1 aliphatic heterocycles. The van der Waals surface area contributed by atoms with Gasteiger partial charge in [-0.1, -0.05) is 48.5 Å². The van der Waals surface area contributed by atoms with Crippen LogP contribution in [-0.4, -0.2) is 28.1 Å². The topological polar surface area (TPSA) is 45.6 Å². The maximum absolute atomic E-state index is 11.2. The Labute approximate surface area is 172 Å². The van der Waals surface area contributed by atoms with Crippen LogP contribution in [0.25, 0.3) is 0 Å². The Morgan fingerprint density at radius 3 is 2.45 bits per heavy atom. The Morgan fingerprint density at radius 2 is 1.69 bits per heavy atom. The lowest BCUT2D eigenvalue weighted by atomic mass is 9.82. The fourth-order valence-electron chi connectivity index (χ4n) is 4.10. The fourth-order valence-corrected chi connectivity index (χ4v) is 4.10. The number of likely N-dealkylation sites (tertiary alicyclic amines) is 1. The van der Waals surface area contributed by atoms with Crippen LogP contribution in [0.5, 0.6) is 5.75 Å². The largest absolute Gasteiger partial charge is 0.487 e. The van der Waals surface area contributed by atoms with E-state index in [-0.39, 0.29) is 0 Å². The van der Waals surface area contributed by atoms with Crippen molar-refractivity contribution < 1.29 is 9.84 Å². The monoisotopic (exact) mass is 388 g/mol. The van der Waals surface area contributed by atoms with Crippen LogP contribution in [0, 0.1) is 6.92 Å². The number of rotatable bonds is 6. The Morgan fingerprint density at radius 1 is 0.966 bits per heavy atom. The first-order chi connectivity index (χ1) is 14.1. The van der Waals surface area contributed by atoms with Crippen molar-refractivity contribution in [3.63, 3.8) is 0 Å². The summed E-state index contributed by atoms with van der Waals surface area (Å²) < 4.78 is 6.05. The van der Waals surface area contributed by atoms with Crippen LogP contribution in [0.15, 0.2) is 72.9 Å². The van der Waals surface area contributed by atoms with Crippen molar-refractivity contribution in [3.05, 3.63) is 95.3 Å². The van der Waals surface area contributed by atoms with E-state index < -0.39 is 5.60 Å². The van der Waals surface area contributed by atoms with E-state index in [4.69, 9.17) is 4.74 Å². The van der Waals surface area contributed by atoms with Crippen molar-refractivity contribution >= 4 is 0 Å². The minimum atomic E-state index is -0.725. The van der Waals surface area contributed by atoms with E-state index in [2.05, 4.69) is 41.1 Å². The van der Waals surface area contributed by atoms with Gasteiger partial charge in [-0.05, 0) is 49.1 Å². The van der Waals surface area contributed by atoms with Crippen LogP contribution in [0.3, 0.4) is 0 Å². The molecule has 0 saturated carbocycles. The highest BCUT2D eigenvalue weighted by Gasteiger charge is 2.34. The lowest BCUT2D eigenvalue weighted by Gasteiger charge is -2.39. The second-order valence-corrected chi connectivity index (χ2v) is 7.84. The molecule has 1 N–H and O–H groups in total. The van der Waals surface area contributed by atoms with Gasteiger partial charge >= 0.3 is 0 Å². The summed E-state index contributed by atoms with van der Waals surface area (Å²) in [5.74, 6) is 0.901. The minimum Gasteiger partial charge on any atom is -0.487 e. The van der Waals surface area contributed by atoms with Gasteiger partial charge in [0.1, 0.15) is 12.4 Å². The molecule has 3 aromatic rings. The molecule has 0 unspecified atom stereocenters. The number of nitrogens with zero attached hydrogens (tertiary/aromatic N) is 2. The van der Waals surface area contributed by atoms with Crippen molar-refractivity contribution in [2.45, 2.75) is 38.5 Å². The van der Waals surface area contributed by atoms with Crippen LogP contribution in [0.2, 0.25) is 0 Å². The highest BCUT2D eigenvalue weighted by molar-refractivity contribution is 5.34. The van der Waals surface area contributed by atoms with Crippen LogP contribution in [-0.2, 0) is 18.8 Å². The third-order valence-corrected chi connectivity index (χ3v) is 5.80. The van der Waals surface area contributed by atoms with E-state index in [1.54, 1.807) is 6.20 Å².